The zero-order chi connectivity index (χ0) is 20.2. The maximum Gasteiger partial charge on any atom is 0.196 e. The van der Waals surface area contributed by atoms with E-state index in [2.05, 4.69) is 61.8 Å². The first-order valence-electron chi connectivity index (χ1n) is 9.58. The van der Waals surface area contributed by atoms with Crippen LogP contribution in [0.25, 0.3) is 10.9 Å². The van der Waals surface area contributed by atoms with Gasteiger partial charge in [-0.3, -0.25) is 9.88 Å². The van der Waals surface area contributed by atoms with Gasteiger partial charge in [0.15, 0.2) is 5.82 Å². The predicted octanol–water partition coefficient (Wildman–Crippen LogP) is 4.58. The highest BCUT2D eigenvalue weighted by Gasteiger charge is 2.24. The van der Waals surface area contributed by atoms with Crippen LogP contribution in [0.5, 0.6) is 0 Å². The maximum atomic E-state index is 6.11. The molecule has 0 radical (unpaired) electrons. The van der Waals surface area contributed by atoms with Crippen LogP contribution in [0.4, 0.5) is 11.4 Å². The number of halogens is 1. The van der Waals surface area contributed by atoms with E-state index in [0.29, 0.717) is 10.8 Å². The number of nitrogens with one attached hydrogen (secondary N) is 2. The third-order valence-electron chi connectivity index (χ3n) is 4.97. The van der Waals surface area contributed by atoms with E-state index in [-0.39, 0.29) is 6.04 Å². The lowest BCUT2D eigenvalue weighted by molar-refractivity contribution is 0.242. The van der Waals surface area contributed by atoms with Gasteiger partial charge < -0.3 is 5.32 Å². The fourth-order valence-electron chi connectivity index (χ4n) is 3.57. The number of aromatic nitrogens is 5. The molecule has 1 atom stereocenters. The van der Waals surface area contributed by atoms with Gasteiger partial charge >= 0.3 is 0 Å². The van der Waals surface area contributed by atoms with Crippen molar-refractivity contribution in [3.05, 3.63) is 71.1 Å². The number of pyridine rings is 1. The summed E-state index contributed by atoms with van der Waals surface area (Å²) in [5.74, 6) is 0.662. The third kappa shape index (κ3) is 4.06. The lowest BCUT2D eigenvalue weighted by Gasteiger charge is -2.27. The van der Waals surface area contributed by atoms with E-state index in [0.717, 1.165) is 40.9 Å². The van der Waals surface area contributed by atoms with Crippen molar-refractivity contribution in [2.75, 3.05) is 18.4 Å². The molecule has 0 amide bonds. The molecule has 8 heteroatoms. The zero-order valence-corrected chi connectivity index (χ0v) is 17.1. The van der Waals surface area contributed by atoms with Gasteiger partial charge in [0.2, 0.25) is 0 Å². The van der Waals surface area contributed by atoms with Crippen LogP contribution in [0.1, 0.15) is 31.3 Å². The minimum Gasteiger partial charge on any atom is -0.355 e. The van der Waals surface area contributed by atoms with Crippen LogP contribution in [0.2, 0.25) is 5.02 Å². The van der Waals surface area contributed by atoms with Crippen LogP contribution in [-0.2, 0) is 0 Å². The van der Waals surface area contributed by atoms with Crippen molar-refractivity contribution in [3.8, 4) is 0 Å². The van der Waals surface area contributed by atoms with Crippen LogP contribution in [-0.4, -0.2) is 43.6 Å². The van der Waals surface area contributed by atoms with Crippen molar-refractivity contribution in [3.63, 3.8) is 0 Å². The lowest BCUT2D eigenvalue weighted by Crippen LogP contribution is -2.30. The van der Waals surface area contributed by atoms with Gasteiger partial charge in [-0.2, -0.15) is 5.21 Å². The third-order valence-corrected chi connectivity index (χ3v) is 5.21. The molecule has 1 unspecified atom stereocenters. The summed E-state index contributed by atoms with van der Waals surface area (Å²) < 4.78 is 0. The summed E-state index contributed by atoms with van der Waals surface area (Å²) in [6.45, 7) is 6.02. The van der Waals surface area contributed by atoms with E-state index >= 15 is 0 Å². The van der Waals surface area contributed by atoms with Crippen molar-refractivity contribution in [1.29, 1.82) is 0 Å². The van der Waals surface area contributed by atoms with Crippen molar-refractivity contribution in [1.82, 2.24) is 30.5 Å². The molecule has 4 aromatic rings. The number of H-pyrrole nitrogens is 1. The average Bonchev–Trinajstić information content (AvgIpc) is 3.26. The second-order valence-electron chi connectivity index (χ2n) is 6.66. The van der Waals surface area contributed by atoms with E-state index in [1.165, 1.54) is 0 Å². The van der Waals surface area contributed by atoms with E-state index in [4.69, 9.17) is 11.6 Å². The molecule has 0 fully saturated rings. The van der Waals surface area contributed by atoms with E-state index in [9.17, 15) is 0 Å². The summed E-state index contributed by atoms with van der Waals surface area (Å²) in [5.41, 5.74) is 3.90. The lowest BCUT2D eigenvalue weighted by atomic mass is 10.0. The Kier molecular flexibility index (Phi) is 5.69. The summed E-state index contributed by atoms with van der Waals surface area (Å²) >= 11 is 6.11. The van der Waals surface area contributed by atoms with Crippen LogP contribution < -0.4 is 5.32 Å². The first-order chi connectivity index (χ1) is 14.2. The van der Waals surface area contributed by atoms with Crippen molar-refractivity contribution in [2.24, 2.45) is 0 Å². The SMILES string of the molecule is CCN(CC)C(c1cccc(Nc2ccnc3cc(Cl)ccc23)c1)c1nn[nH]n1. The molecular weight excluding hydrogens is 386 g/mol. The molecule has 0 aliphatic heterocycles. The topological polar surface area (TPSA) is 82.6 Å². The standard InChI is InChI=1S/C21H22ClN7/c1-3-29(4-2)20(21-25-27-28-26-21)14-6-5-7-16(12-14)24-18-10-11-23-19-13-15(22)8-9-17(18)19/h5-13,20H,3-4H2,1-2H3,(H,23,24)(H,25,26,27,28). The van der Waals surface area contributed by atoms with Gasteiger partial charge in [0.1, 0.15) is 0 Å². The van der Waals surface area contributed by atoms with Crippen molar-refractivity contribution >= 4 is 33.9 Å². The molecule has 7 nitrogen and oxygen atoms in total. The summed E-state index contributed by atoms with van der Waals surface area (Å²) in [4.78, 5) is 6.71. The number of tetrazole rings is 1. The largest absolute Gasteiger partial charge is 0.355 e. The molecule has 148 valence electrons. The number of nitrogens with zero attached hydrogens (tertiary/aromatic N) is 5. The predicted molar refractivity (Wildman–Crippen MR) is 115 cm³/mol. The number of anilines is 2. The number of hydrogen-bond donors (Lipinski definition) is 2. The van der Waals surface area contributed by atoms with Crippen LogP contribution >= 0.6 is 11.6 Å². The maximum absolute atomic E-state index is 6.11. The summed E-state index contributed by atoms with van der Waals surface area (Å²) in [6.07, 6.45) is 1.78. The summed E-state index contributed by atoms with van der Waals surface area (Å²) in [5, 5.41) is 20.0. The number of aromatic amines is 1. The Morgan fingerprint density at radius 3 is 2.72 bits per heavy atom. The minimum atomic E-state index is -0.0708. The number of hydrogen-bond acceptors (Lipinski definition) is 6. The molecule has 0 bridgehead atoms. The Balaban J connectivity index is 1.70. The Morgan fingerprint density at radius 1 is 1.10 bits per heavy atom. The van der Waals surface area contributed by atoms with E-state index < -0.39 is 0 Å². The molecule has 0 saturated carbocycles. The van der Waals surface area contributed by atoms with Crippen molar-refractivity contribution < 1.29 is 0 Å². The molecule has 0 saturated heterocycles. The molecular formula is C21H22ClN7. The second-order valence-corrected chi connectivity index (χ2v) is 7.10. The van der Waals surface area contributed by atoms with Crippen LogP contribution in [0, 0.1) is 0 Å². The molecule has 2 heterocycles. The molecule has 0 spiro atoms. The van der Waals surface area contributed by atoms with Gasteiger partial charge in [-0.1, -0.05) is 42.8 Å². The number of fused-ring (bicyclic) bond motifs is 1. The molecule has 0 aliphatic rings. The highest BCUT2D eigenvalue weighted by molar-refractivity contribution is 6.31. The number of benzene rings is 2. The van der Waals surface area contributed by atoms with Gasteiger partial charge in [0.05, 0.1) is 11.6 Å². The molecule has 29 heavy (non-hydrogen) atoms. The fourth-order valence-corrected chi connectivity index (χ4v) is 3.74. The molecule has 4 rings (SSSR count). The second kappa shape index (κ2) is 8.55. The van der Waals surface area contributed by atoms with Crippen LogP contribution in [0.3, 0.4) is 0 Å². The summed E-state index contributed by atoms with van der Waals surface area (Å²) in [7, 11) is 0. The first-order valence-corrected chi connectivity index (χ1v) is 9.96. The number of rotatable bonds is 7. The highest BCUT2D eigenvalue weighted by atomic mass is 35.5. The Hall–Kier alpha value is -3.03. The molecule has 2 N–H and O–H groups in total. The Bertz CT molecular complexity index is 1090. The van der Waals surface area contributed by atoms with E-state index in [1.807, 2.05) is 36.4 Å². The van der Waals surface area contributed by atoms with Gasteiger partial charge in [-0.15, -0.1) is 10.2 Å². The summed E-state index contributed by atoms with van der Waals surface area (Å²) in [6, 6.07) is 15.9. The Labute approximate surface area is 174 Å². The molecule has 2 aromatic carbocycles. The molecule has 2 aromatic heterocycles. The smallest absolute Gasteiger partial charge is 0.196 e. The van der Waals surface area contributed by atoms with Gasteiger partial charge in [-0.05, 0) is 55.1 Å². The van der Waals surface area contributed by atoms with Crippen molar-refractivity contribution in [2.45, 2.75) is 19.9 Å². The zero-order valence-electron chi connectivity index (χ0n) is 16.3. The monoisotopic (exact) mass is 407 g/mol. The normalized spacial score (nSPS) is 12.4. The fraction of sp³-hybridized carbons (Fsp3) is 0.238. The Morgan fingerprint density at radius 2 is 1.97 bits per heavy atom. The van der Waals surface area contributed by atoms with Crippen LogP contribution in [0.15, 0.2) is 54.7 Å². The molecule has 0 aliphatic carbocycles. The van der Waals surface area contributed by atoms with E-state index in [1.54, 1.807) is 6.20 Å². The highest BCUT2D eigenvalue weighted by Crippen LogP contribution is 2.30. The average molecular weight is 408 g/mol. The minimum absolute atomic E-state index is 0.0708. The quantitative estimate of drug-likeness (QED) is 0.466. The van der Waals surface area contributed by atoms with Gasteiger partial charge in [0, 0.05) is 28.0 Å². The van der Waals surface area contributed by atoms with Gasteiger partial charge in [-0.25, -0.2) is 0 Å². The van der Waals surface area contributed by atoms with Gasteiger partial charge in [0.25, 0.3) is 0 Å². The first kappa shape index (κ1) is 19.3.